The van der Waals surface area contributed by atoms with Gasteiger partial charge in [-0.3, -0.25) is 0 Å². The van der Waals surface area contributed by atoms with Gasteiger partial charge in [0.25, 0.3) is 0 Å². The Kier molecular flexibility index (Phi) is 4.06. The van der Waals surface area contributed by atoms with Gasteiger partial charge < -0.3 is 19.3 Å². The largest absolute Gasteiger partial charge is 0.786 e. The number of para-hydroxylation sites is 1. The zero-order valence-corrected chi connectivity index (χ0v) is 11.6. The highest BCUT2D eigenvalue weighted by atomic mass is 19.2. The van der Waals surface area contributed by atoms with Crippen molar-refractivity contribution < 1.29 is 36.3 Å². The van der Waals surface area contributed by atoms with Gasteiger partial charge in [-0.15, -0.1) is 0 Å². The molecular formula is C14H7BF5NO3. The van der Waals surface area contributed by atoms with Crippen molar-refractivity contribution in [1.29, 1.82) is 0 Å². The fraction of sp³-hybridized carbons (Fsp3) is 0. The molecule has 3 aromatic rings. The van der Waals surface area contributed by atoms with E-state index in [2.05, 4.69) is 9.64 Å². The van der Waals surface area contributed by atoms with Crippen LogP contribution in [0.1, 0.15) is 0 Å². The molecule has 24 heavy (non-hydrogen) atoms. The number of benzene rings is 2. The molecule has 0 aliphatic rings. The summed E-state index contributed by atoms with van der Waals surface area (Å²) in [4.78, 5) is 2.72. The molecular weight excluding hydrogens is 336 g/mol. The molecule has 1 heterocycles. The second-order valence-electron chi connectivity index (χ2n) is 4.66. The molecule has 1 aromatic heterocycles. The van der Waals surface area contributed by atoms with Gasteiger partial charge in [-0.05, 0) is 6.07 Å². The summed E-state index contributed by atoms with van der Waals surface area (Å²) in [6.45, 7) is 0. The van der Waals surface area contributed by atoms with Crippen LogP contribution in [0, 0.1) is 29.1 Å². The van der Waals surface area contributed by atoms with Crippen LogP contribution in [0.4, 0.5) is 22.0 Å². The Morgan fingerprint density at radius 1 is 0.833 bits per heavy atom. The van der Waals surface area contributed by atoms with E-state index in [9.17, 15) is 27.0 Å². The highest BCUT2D eigenvalue weighted by Crippen LogP contribution is 2.29. The molecule has 0 bridgehead atoms. The van der Waals surface area contributed by atoms with E-state index in [0.29, 0.717) is 10.9 Å². The Balaban J connectivity index is 1.83. The van der Waals surface area contributed by atoms with Gasteiger partial charge in [0.2, 0.25) is 29.1 Å². The molecule has 0 radical (unpaired) electrons. The van der Waals surface area contributed by atoms with Crippen molar-refractivity contribution >= 4 is 18.2 Å². The third-order valence-electron chi connectivity index (χ3n) is 3.12. The zero-order chi connectivity index (χ0) is 17.4. The van der Waals surface area contributed by atoms with Crippen LogP contribution in [0.3, 0.4) is 0 Å². The number of H-pyrrole nitrogens is 1. The molecule has 0 aliphatic carbocycles. The molecule has 2 aromatic carbocycles. The lowest BCUT2D eigenvalue weighted by Crippen LogP contribution is -2.31. The number of fused-ring (bicyclic) bond motifs is 1. The van der Waals surface area contributed by atoms with Crippen molar-refractivity contribution in [2.24, 2.45) is 0 Å². The van der Waals surface area contributed by atoms with Crippen molar-refractivity contribution in [3.63, 3.8) is 0 Å². The van der Waals surface area contributed by atoms with Gasteiger partial charge in [0.15, 0.2) is 11.6 Å². The van der Waals surface area contributed by atoms with Gasteiger partial charge in [-0.25, -0.2) is 13.2 Å². The molecule has 0 unspecified atom stereocenters. The van der Waals surface area contributed by atoms with Gasteiger partial charge in [0.1, 0.15) is 0 Å². The smallest absolute Gasteiger partial charge is 0.496 e. The van der Waals surface area contributed by atoms with Crippen LogP contribution >= 0.6 is 0 Å². The summed E-state index contributed by atoms with van der Waals surface area (Å²) in [5, 5.41) is 10.2. The van der Waals surface area contributed by atoms with Gasteiger partial charge in [-0.2, -0.15) is 8.78 Å². The molecule has 3 rings (SSSR count). The average Bonchev–Trinajstić information content (AvgIpc) is 2.97. The number of nitrogens with one attached hydrogen (secondary N) is 1. The van der Waals surface area contributed by atoms with Crippen LogP contribution < -0.4 is 9.31 Å². The molecule has 0 fully saturated rings. The summed E-state index contributed by atoms with van der Waals surface area (Å²) in [6.07, 6.45) is 0. The summed E-state index contributed by atoms with van der Waals surface area (Å²) in [7, 11) is -2.31. The number of hydrogen-bond acceptors (Lipinski definition) is 3. The highest BCUT2D eigenvalue weighted by Gasteiger charge is 2.32. The summed E-state index contributed by atoms with van der Waals surface area (Å²) in [5.74, 6) is -12.8. The number of hydrogen-bond donors (Lipinski definition) is 2. The second-order valence-corrected chi connectivity index (χ2v) is 4.66. The maximum absolute atomic E-state index is 13.4. The molecule has 0 spiro atoms. The normalized spacial score (nSPS) is 10.9. The van der Waals surface area contributed by atoms with E-state index in [1.165, 1.54) is 6.07 Å². The Hall–Kier alpha value is -2.75. The van der Waals surface area contributed by atoms with Crippen LogP contribution in [0.5, 0.6) is 11.6 Å². The summed E-state index contributed by atoms with van der Waals surface area (Å²) in [5.41, 5.74) is 0.635. The van der Waals surface area contributed by atoms with E-state index in [1.54, 1.807) is 24.3 Å². The van der Waals surface area contributed by atoms with Crippen molar-refractivity contribution in [3.8, 4) is 11.6 Å². The van der Waals surface area contributed by atoms with Gasteiger partial charge in [0.05, 0.1) is 0 Å². The maximum atomic E-state index is 13.4. The van der Waals surface area contributed by atoms with E-state index in [-0.39, 0.29) is 5.88 Å². The molecule has 124 valence electrons. The fourth-order valence-corrected chi connectivity index (χ4v) is 2.03. The van der Waals surface area contributed by atoms with Crippen molar-refractivity contribution in [1.82, 2.24) is 4.98 Å². The van der Waals surface area contributed by atoms with Gasteiger partial charge in [-0.1, -0.05) is 18.2 Å². The summed E-state index contributed by atoms with van der Waals surface area (Å²) in [6, 6.07) is 8.32. The number of aromatic nitrogens is 1. The van der Waals surface area contributed by atoms with E-state index in [0.717, 1.165) is 0 Å². The van der Waals surface area contributed by atoms with Crippen molar-refractivity contribution in [2.45, 2.75) is 0 Å². The van der Waals surface area contributed by atoms with Crippen LogP contribution in [-0.4, -0.2) is 17.3 Å². The minimum absolute atomic E-state index is 0.0347. The first-order valence-corrected chi connectivity index (χ1v) is 6.49. The second kappa shape index (κ2) is 6.04. The van der Waals surface area contributed by atoms with E-state index < -0.39 is 42.2 Å². The number of aromatic amines is 1. The lowest BCUT2D eigenvalue weighted by atomic mass is 10.2. The fourth-order valence-electron chi connectivity index (χ4n) is 2.03. The predicted octanol–water partition coefficient (Wildman–Crippen LogP) is 3.30. The number of halogens is 5. The molecule has 0 saturated heterocycles. The SMILES string of the molecule is OB(Oc1cc2ccccc2[nH]1)Oc1c(F)c(F)c(F)c(F)c1F. The van der Waals surface area contributed by atoms with Gasteiger partial charge >= 0.3 is 7.32 Å². The molecule has 0 amide bonds. The minimum Gasteiger partial charge on any atom is -0.496 e. The third kappa shape index (κ3) is 2.76. The predicted molar refractivity (Wildman–Crippen MR) is 73.8 cm³/mol. The summed E-state index contributed by atoms with van der Waals surface area (Å²) >= 11 is 0. The van der Waals surface area contributed by atoms with Crippen LogP contribution in [0.15, 0.2) is 30.3 Å². The lowest BCUT2D eigenvalue weighted by molar-refractivity contribution is 0.268. The van der Waals surface area contributed by atoms with Crippen molar-refractivity contribution in [2.75, 3.05) is 0 Å². The molecule has 0 aliphatic heterocycles. The van der Waals surface area contributed by atoms with E-state index >= 15 is 0 Å². The lowest BCUT2D eigenvalue weighted by Gasteiger charge is -2.12. The molecule has 0 saturated carbocycles. The van der Waals surface area contributed by atoms with Crippen LogP contribution in [0.25, 0.3) is 10.9 Å². The Labute approximate surface area is 131 Å². The molecule has 0 atom stereocenters. The standard InChI is InChI=1S/C14H7BF5NO3/c16-9-10(17)12(19)14(13(20)11(9)18)24-15(22)23-8-5-6-3-1-2-4-7(6)21-8/h1-5,21-22H. The monoisotopic (exact) mass is 343 g/mol. The van der Waals surface area contributed by atoms with E-state index in [1.807, 2.05) is 0 Å². The van der Waals surface area contributed by atoms with E-state index in [4.69, 9.17) is 4.65 Å². The first kappa shape index (κ1) is 16.1. The quantitative estimate of drug-likeness (QED) is 0.331. The molecule has 2 N–H and O–H groups in total. The first-order valence-electron chi connectivity index (χ1n) is 6.49. The Morgan fingerprint density at radius 3 is 2.04 bits per heavy atom. The third-order valence-corrected chi connectivity index (χ3v) is 3.12. The minimum atomic E-state index is -2.33. The molecule has 4 nitrogen and oxygen atoms in total. The number of rotatable bonds is 4. The average molecular weight is 343 g/mol. The topological polar surface area (TPSA) is 54.5 Å². The highest BCUT2D eigenvalue weighted by molar-refractivity contribution is 6.36. The maximum Gasteiger partial charge on any atom is 0.786 e. The summed E-state index contributed by atoms with van der Waals surface area (Å²) < 4.78 is 75.1. The zero-order valence-electron chi connectivity index (χ0n) is 11.6. The molecule has 10 heteroatoms. The Bertz CT molecular complexity index is 855. The Morgan fingerprint density at radius 2 is 1.42 bits per heavy atom. The van der Waals surface area contributed by atoms with Gasteiger partial charge in [0, 0.05) is 17.0 Å². The van der Waals surface area contributed by atoms with Crippen molar-refractivity contribution in [3.05, 3.63) is 59.4 Å². The van der Waals surface area contributed by atoms with Crippen LogP contribution in [0.2, 0.25) is 0 Å². The van der Waals surface area contributed by atoms with Crippen LogP contribution in [-0.2, 0) is 0 Å². The first-order chi connectivity index (χ1) is 11.4.